The minimum atomic E-state index is -0.0540. The van der Waals surface area contributed by atoms with Gasteiger partial charge in [0, 0.05) is 18.5 Å². The van der Waals surface area contributed by atoms with Crippen LogP contribution in [0.15, 0.2) is 39.9 Å². The van der Waals surface area contributed by atoms with Gasteiger partial charge in [-0.25, -0.2) is 9.98 Å². The van der Waals surface area contributed by atoms with Gasteiger partial charge >= 0.3 is 0 Å². The van der Waals surface area contributed by atoms with Gasteiger partial charge in [0.2, 0.25) is 5.89 Å². The van der Waals surface area contributed by atoms with Crippen molar-refractivity contribution in [2.45, 2.75) is 46.1 Å². The molecule has 0 aliphatic rings. The molecule has 2 N–H and O–H groups in total. The van der Waals surface area contributed by atoms with E-state index in [1.54, 1.807) is 13.3 Å². The number of benzene rings is 1. The van der Waals surface area contributed by atoms with Crippen molar-refractivity contribution in [3.05, 3.63) is 42.1 Å². The first kappa shape index (κ1) is 21.6. The molecule has 0 radical (unpaired) electrons. The fraction of sp³-hybridized carbons (Fsp3) is 0.524. The van der Waals surface area contributed by atoms with E-state index >= 15 is 0 Å². The maximum Gasteiger partial charge on any atom is 0.216 e. The Morgan fingerprint density at radius 1 is 1.14 bits per heavy atom. The second-order valence-corrected chi connectivity index (χ2v) is 7.37. The van der Waals surface area contributed by atoms with E-state index in [4.69, 9.17) is 13.9 Å². The summed E-state index contributed by atoms with van der Waals surface area (Å²) >= 11 is 0. The van der Waals surface area contributed by atoms with Gasteiger partial charge in [-0.05, 0) is 37.6 Å². The molecule has 7 nitrogen and oxygen atoms in total. The summed E-state index contributed by atoms with van der Waals surface area (Å²) in [7, 11) is 1.65. The molecule has 0 bridgehead atoms. The lowest BCUT2D eigenvalue weighted by molar-refractivity contribution is 0.310. The van der Waals surface area contributed by atoms with Crippen LogP contribution < -0.4 is 20.1 Å². The van der Waals surface area contributed by atoms with Crippen molar-refractivity contribution in [2.24, 2.45) is 4.99 Å². The molecule has 1 aromatic carbocycles. The second-order valence-electron chi connectivity index (χ2n) is 7.37. The van der Waals surface area contributed by atoms with Crippen molar-refractivity contribution in [1.29, 1.82) is 0 Å². The van der Waals surface area contributed by atoms with Crippen LogP contribution in [0.5, 0.6) is 11.5 Å². The van der Waals surface area contributed by atoms with E-state index in [1.807, 2.05) is 31.2 Å². The lowest BCUT2D eigenvalue weighted by atomic mass is 9.94. The molecule has 154 valence electrons. The van der Waals surface area contributed by atoms with Crippen LogP contribution in [0.2, 0.25) is 0 Å². The summed E-state index contributed by atoms with van der Waals surface area (Å²) in [5.41, 5.74) is -0.0540. The van der Waals surface area contributed by atoms with Crippen LogP contribution in [0, 0.1) is 0 Å². The highest BCUT2D eigenvalue weighted by atomic mass is 16.5. The molecule has 7 heteroatoms. The number of hydrogen-bond donors (Lipinski definition) is 2. The zero-order chi connectivity index (χ0) is 20.4. The summed E-state index contributed by atoms with van der Waals surface area (Å²) in [4.78, 5) is 8.85. The van der Waals surface area contributed by atoms with Crippen molar-refractivity contribution < 1.29 is 13.9 Å². The lowest BCUT2D eigenvalue weighted by Crippen LogP contribution is -2.38. The van der Waals surface area contributed by atoms with Crippen LogP contribution in [0.4, 0.5) is 0 Å². The zero-order valence-electron chi connectivity index (χ0n) is 17.5. The van der Waals surface area contributed by atoms with E-state index in [0.29, 0.717) is 19.0 Å². The summed E-state index contributed by atoms with van der Waals surface area (Å²) in [5, 5.41) is 6.53. The lowest BCUT2D eigenvalue weighted by Gasteiger charge is -2.13. The molecule has 2 rings (SSSR count). The Kier molecular flexibility index (Phi) is 8.17. The molecule has 0 amide bonds. The third-order valence-corrected chi connectivity index (χ3v) is 3.95. The third kappa shape index (κ3) is 7.13. The molecule has 0 aliphatic heterocycles. The molecule has 2 aromatic rings. The molecule has 0 spiro atoms. The fourth-order valence-electron chi connectivity index (χ4n) is 2.36. The Hall–Kier alpha value is -2.70. The second kappa shape index (κ2) is 10.6. The first-order valence-corrected chi connectivity index (χ1v) is 9.66. The summed E-state index contributed by atoms with van der Waals surface area (Å²) in [6.07, 6.45) is 2.63. The van der Waals surface area contributed by atoms with E-state index in [1.165, 1.54) is 0 Å². The zero-order valence-corrected chi connectivity index (χ0v) is 17.5. The average Bonchev–Trinajstić information content (AvgIpc) is 3.16. The topological polar surface area (TPSA) is 80.9 Å². The van der Waals surface area contributed by atoms with Gasteiger partial charge in [-0.3, -0.25) is 0 Å². The highest BCUT2D eigenvalue weighted by Crippen LogP contribution is 2.22. The number of nitrogens with zero attached hydrogens (tertiary/aromatic N) is 2. The van der Waals surface area contributed by atoms with Gasteiger partial charge in [0.15, 0.2) is 5.96 Å². The molecule has 1 aromatic heterocycles. The van der Waals surface area contributed by atoms with Gasteiger partial charge in [0.05, 0.1) is 19.9 Å². The Balaban J connectivity index is 1.75. The van der Waals surface area contributed by atoms with Crippen LogP contribution in [-0.2, 0) is 12.0 Å². The van der Waals surface area contributed by atoms with Crippen molar-refractivity contribution in [2.75, 3.05) is 26.8 Å². The van der Waals surface area contributed by atoms with Gasteiger partial charge in [-0.15, -0.1) is 0 Å². The van der Waals surface area contributed by atoms with Crippen LogP contribution in [0.25, 0.3) is 0 Å². The standard InChI is InChI=1S/C21H32N4O3/c1-6-22-20(25-15-19-24-14-18(28-19)21(2,3)4)23-12-7-13-27-17-10-8-16(26-5)9-11-17/h8-11,14H,6-7,12-13,15H2,1-5H3,(H2,22,23,25). The van der Waals surface area contributed by atoms with Crippen LogP contribution in [0.1, 0.15) is 45.8 Å². The number of ether oxygens (including phenoxy) is 2. The maximum atomic E-state index is 5.78. The van der Waals surface area contributed by atoms with Gasteiger partial charge < -0.3 is 24.5 Å². The number of guanidine groups is 1. The monoisotopic (exact) mass is 388 g/mol. The van der Waals surface area contributed by atoms with Crippen LogP contribution >= 0.6 is 0 Å². The molecule has 0 atom stereocenters. The quantitative estimate of drug-likeness (QED) is 0.389. The van der Waals surface area contributed by atoms with Crippen LogP contribution in [0.3, 0.4) is 0 Å². The molecule has 0 unspecified atom stereocenters. The molecular weight excluding hydrogens is 356 g/mol. The number of aromatic nitrogens is 1. The molecule has 0 saturated heterocycles. The molecule has 1 heterocycles. The largest absolute Gasteiger partial charge is 0.497 e. The normalized spacial score (nSPS) is 12.0. The summed E-state index contributed by atoms with van der Waals surface area (Å²) in [5.74, 6) is 3.87. The van der Waals surface area contributed by atoms with Crippen molar-refractivity contribution in [3.63, 3.8) is 0 Å². The van der Waals surface area contributed by atoms with Crippen molar-refractivity contribution in [1.82, 2.24) is 15.6 Å². The summed E-state index contributed by atoms with van der Waals surface area (Å²) < 4.78 is 16.7. The summed E-state index contributed by atoms with van der Waals surface area (Å²) in [6.45, 7) is 10.9. The van der Waals surface area contributed by atoms with E-state index in [2.05, 4.69) is 41.4 Å². The van der Waals surface area contributed by atoms with E-state index < -0.39 is 0 Å². The number of oxazole rings is 1. The van der Waals surface area contributed by atoms with Gasteiger partial charge in [-0.1, -0.05) is 20.8 Å². The van der Waals surface area contributed by atoms with E-state index in [0.717, 1.165) is 42.7 Å². The Labute approximate surface area is 167 Å². The van der Waals surface area contributed by atoms with Crippen LogP contribution in [-0.4, -0.2) is 37.7 Å². The molecule has 28 heavy (non-hydrogen) atoms. The van der Waals surface area contributed by atoms with Gasteiger partial charge in [0.25, 0.3) is 0 Å². The Morgan fingerprint density at radius 3 is 2.46 bits per heavy atom. The van der Waals surface area contributed by atoms with Crippen molar-refractivity contribution in [3.8, 4) is 11.5 Å². The third-order valence-electron chi connectivity index (χ3n) is 3.95. The first-order valence-electron chi connectivity index (χ1n) is 9.66. The minimum Gasteiger partial charge on any atom is -0.497 e. The van der Waals surface area contributed by atoms with Gasteiger partial charge in [0.1, 0.15) is 23.8 Å². The SMILES string of the molecule is CCNC(=NCc1ncc(C(C)(C)C)o1)NCCCOc1ccc(OC)cc1. The predicted molar refractivity (Wildman–Crippen MR) is 111 cm³/mol. The molecule has 0 fully saturated rings. The number of aliphatic imine (C=N–C) groups is 1. The highest BCUT2D eigenvalue weighted by Gasteiger charge is 2.18. The molecule has 0 saturated carbocycles. The number of nitrogens with one attached hydrogen (secondary N) is 2. The van der Waals surface area contributed by atoms with Gasteiger partial charge in [-0.2, -0.15) is 0 Å². The average molecular weight is 389 g/mol. The maximum absolute atomic E-state index is 5.78. The number of rotatable bonds is 9. The smallest absolute Gasteiger partial charge is 0.216 e. The fourth-order valence-corrected chi connectivity index (χ4v) is 2.36. The van der Waals surface area contributed by atoms with E-state index in [9.17, 15) is 0 Å². The Morgan fingerprint density at radius 2 is 1.86 bits per heavy atom. The number of hydrogen-bond acceptors (Lipinski definition) is 5. The summed E-state index contributed by atoms with van der Waals surface area (Å²) in [6, 6.07) is 7.58. The predicted octanol–water partition coefficient (Wildman–Crippen LogP) is 3.50. The number of methoxy groups -OCH3 is 1. The Bertz CT molecular complexity index is 733. The minimum absolute atomic E-state index is 0.0540. The molecule has 0 aliphatic carbocycles. The first-order chi connectivity index (χ1) is 13.4. The highest BCUT2D eigenvalue weighted by molar-refractivity contribution is 5.79. The van der Waals surface area contributed by atoms with E-state index in [-0.39, 0.29) is 5.41 Å². The molecular formula is C21H32N4O3. The van der Waals surface area contributed by atoms with Crippen molar-refractivity contribution >= 4 is 5.96 Å².